The van der Waals surface area contributed by atoms with E-state index < -0.39 is 17.8 Å². The molecule has 30 heavy (non-hydrogen) atoms. The van der Waals surface area contributed by atoms with Gasteiger partial charge in [-0.05, 0) is 38.5 Å². The highest BCUT2D eigenvalue weighted by molar-refractivity contribution is 6.09. The molecule has 6 nitrogen and oxygen atoms in total. The van der Waals surface area contributed by atoms with E-state index in [1.165, 1.54) is 10.7 Å². The van der Waals surface area contributed by atoms with Gasteiger partial charge in [-0.3, -0.25) is 9.97 Å². The Morgan fingerprint density at radius 1 is 1.10 bits per heavy atom. The number of para-hydroxylation sites is 1. The van der Waals surface area contributed by atoms with Crippen molar-refractivity contribution in [1.82, 2.24) is 25.1 Å². The van der Waals surface area contributed by atoms with Crippen LogP contribution < -0.4 is 5.32 Å². The van der Waals surface area contributed by atoms with Crippen LogP contribution in [0.3, 0.4) is 0 Å². The average molecular weight is 413 g/mol. The monoisotopic (exact) mass is 413 g/mol. The molecule has 0 saturated heterocycles. The maximum Gasteiger partial charge on any atom is 0.417 e. The number of rotatable bonds is 2. The summed E-state index contributed by atoms with van der Waals surface area (Å²) in [6, 6.07) is 7.51. The van der Waals surface area contributed by atoms with Crippen molar-refractivity contribution >= 4 is 27.8 Å². The Kier molecular flexibility index (Phi) is 4.68. The van der Waals surface area contributed by atoms with Gasteiger partial charge in [0.1, 0.15) is 5.52 Å². The van der Waals surface area contributed by atoms with Gasteiger partial charge in [-0.1, -0.05) is 18.2 Å². The number of halogens is 3. The molecular formula is C21H18F3N5O. The maximum absolute atomic E-state index is 12.8. The fourth-order valence-corrected chi connectivity index (χ4v) is 3.50. The van der Waals surface area contributed by atoms with E-state index in [1.807, 2.05) is 39.0 Å². The van der Waals surface area contributed by atoms with E-state index in [-0.39, 0.29) is 6.54 Å². The molecule has 0 aliphatic heterocycles. The molecule has 0 saturated carbocycles. The molecule has 1 amide bonds. The summed E-state index contributed by atoms with van der Waals surface area (Å²) in [6.07, 6.45) is -3.70. The Morgan fingerprint density at radius 3 is 2.53 bits per heavy atom. The lowest BCUT2D eigenvalue weighted by Gasteiger charge is -2.10. The quantitative estimate of drug-likeness (QED) is 0.518. The predicted molar refractivity (Wildman–Crippen MR) is 106 cm³/mol. The van der Waals surface area contributed by atoms with E-state index in [4.69, 9.17) is 0 Å². The zero-order valence-electron chi connectivity index (χ0n) is 16.5. The molecule has 0 atom stereocenters. The van der Waals surface area contributed by atoms with Crippen molar-refractivity contribution in [3.8, 4) is 0 Å². The fraction of sp³-hybridized carbons (Fsp3) is 0.238. The zero-order valence-corrected chi connectivity index (χ0v) is 16.5. The SMILES string of the molecule is Cc1cccc2c1nc(C)c1c2c(C)nn1C(=O)NCc1ccc(C(F)(F)F)cn1. The molecule has 0 bridgehead atoms. The van der Waals surface area contributed by atoms with Crippen LogP contribution in [-0.2, 0) is 12.7 Å². The summed E-state index contributed by atoms with van der Waals surface area (Å²) < 4.78 is 39.2. The molecule has 0 aliphatic carbocycles. The zero-order chi connectivity index (χ0) is 21.6. The third-order valence-corrected chi connectivity index (χ3v) is 4.95. The third-order valence-electron chi connectivity index (χ3n) is 4.95. The van der Waals surface area contributed by atoms with Gasteiger partial charge in [0.25, 0.3) is 0 Å². The first-order valence-corrected chi connectivity index (χ1v) is 9.22. The lowest BCUT2D eigenvalue weighted by Crippen LogP contribution is -2.29. The van der Waals surface area contributed by atoms with Gasteiger partial charge in [0.2, 0.25) is 0 Å². The summed E-state index contributed by atoms with van der Waals surface area (Å²) in [6.45, 7) is 5.59. The summed E-state index contributed by atoms with van der Waals surface area (Å²) in [5, 5.41) is 8.80. The molecule has 1 N–H and O–H groups in total. The molecule has 0 unspecified atom stereocenters. The normalized spacial score (nSPS) is 11.9. The highest BCUT2D eigenvalue weighted by atomic mass is 19.4. The average Bonchev–Trinajstić information content (AvgIpc) is 3.05. The van der Waals surface area contributed by atoms with Gasteiger partial charge in [0.15, 0.2) is 0 Å². The van der Waals surface area contributed by atoms with Gasteiger partial charge in [0, 0.05) is 17.0 Å². The Labute approximate surface area is 169 Å². The van der Waals surface area contributed by atoms with Gasteiger partial charge in [-0.2, -0.15) is 23.0 Å². The van der Waals surface area contributed by atoms with Crippen molar-refractivity contribution < 1.29 is 18.0 Å². The summed E-state index contributed by atoms with van der Waals surface area (Å²) in [5.74, 6) is 0. The smallest absolute Gasteiger partial charge is 0.331 e. The van der Waals surface area contributed by atoms with Crippen molar-refractivity contribution in [2.75, 3.05) is 0 Å². The Bertz CT molecular complexity index is 1280. The van der Waals surface area contributed by atoms with Crippen molar-refractivity contribution in [2.24, 2.45) is 0 Å². The molecule has 1 aromatic carbocycles. The molecule has 3 aromatic heterocycles. The van der Waals surface area contributed by atoms with E-state index in [2.05, 4.69) is 20.4 Å². The van der Waals surface area contributed by atoms with Crippen molar-refractivity contribution in [3.63, 3.8) is 0 Å². The van der Waals surface area contributed by atoms with Crippen LogP contribution in [0.2, 0.25) is 0 Å². The van der Waals surface area contributed by atoms with Crippen LogP contribution in [0.25, 0.3) is 21.8 Å². The fourth-order valence-electron chi connectivity index (χ4n) is 3.50. The highest BCUT2D eigenvalue weighted by Gasteiger charge is 2.30. The largest absolute Gasteiger partial charge is 0.417 e. The first-order valence-electron chi connectivity index (χ1n) is 9.22. The second-order valence-electron chi connectivity index (χ2n) is 7.08. The molecule has 4 aromatic rings. The number of hydrogen-bond donors (Lipinski definition) is 1. The maximum atomic E-state index is 12.8. The van der Waals surface area contributed by atoms with Crippen LogP contribution >= 0.6 is 0 Å². The predicted octanol–water partition coefficient (Wildman–Crippen LogP) is 4.68. The number of alkyl halides is 3. The molecule has 3 heterocycles. The topological polar surface area (TPSA) is 72.7 Å². The minimum atomic E-state index is -4.45. The number of pyridine rings is 2. The van der Waals surface area contributed by atoms with Gasteiger partial charge < -0.3 is 5.32 Å². The number of aromatic nitrogens is 4. The van der Waals surface area contributed by atoms with Gasteiger partial charge in [-0.25, -0.2) is 4.79 Å². The number of aryl methyl sites for hydroxylation is 3. The number of carbonyl (C=O) groups is 1. The first kappa shape index (κ1) is 19.8. The van der Waals surface area contributed by atoms with Crippen LogP contribution in [-0.4, -0.2) is 25.8 Å². The van der Waals surface area contributed by atoms with E-state index >= 15 is 0 Å². The number of hydrogen-bond acceptors (Lipinski definition) is 4. The number of nitrogens with one attached hydrogen (secondary N) is 1. The lowest BCUT2D eigenvalue weighted by molar-refractivity contribution is -0.137. The van der Waals surface area contributed by atoms with E-state index in [9.17, 15) is 18.0 Å². The number of fused-ring (bicyclic) bond motifs is 3. The Morgan fingerprint density at radius 2 is 1.87 bits per heavy atom. The lowest BCUT2D eigenvalue weighted by atomic mass is 10.0. The van der Waals surface area contributed by atoms with Crippen LogP contribution in [0, 0.1) is 20.8 Å². The van der Waals surface area contributed by atoms with Gasteiger partial charge >= 0.3 is 12.2 Å². The van der Waals surface area contributed by atoms with Crippen molar-refractivity contribution in [1.29, 1.82) is 0 Å². The van der Waals surface area contributed by atoms with Crippen LogP contribution in [0.4, 0.5) is 18.0 Å². The van der Waals surface area contributed by atoms with E-state index in [0.717, 1.165) is 34.1 Å². The number of amides is 1. The Balaban J connectivity index is 1.66. The molecular weight excluding hydrogens is 395 g/mol. The Hall–Kier alpha value is -3.49. The molecule has 0 radical (unpaired) electrons. The standard InChI is InChI=1S/C21H18F3N5O/c1-11-5-4-6-16-17-12(2)28-29(19(17)13(3)27-18(11)16)20(30)26-10-15-8-7-14(9-25-15)21(22,23)24/h4-9H,10H2,1-3H3,(H,26,30). The van der Waals surface area contributed by atoms with Crippen molar-refractivity contribution in [3.05, 3.63) is 64.7 Å². The minimum Gasteiger partial charge on any atom is -0.331 e. The summed E-state index contributed by atoms with van der Waals surface area (Å²) >= 11 is 0. The van der Waals surface area contributed by atoms with Crippen LogP contribution in [0.15, 0.2) is 36.5 Å². The summed E-state index contributed by atoms with van der Waals surface area (Å²) in [7, 11) is 0. The van der Waals surface area contributed by atoms with E-state index in [1.54, 1.807) is 0 Å². The van der Waals surface area contributed by atoms with Crippen molar-refractivity contribution in [2.45, 2.75) is 33.5 Å². The molecule has 154 valence electrons. The van der Waals surface area contributed by atoms with Gasteiger partial charge in [0.05, 0.1) is 34.7 Å². The molecule has 9 heteroatoms. The number of carbonyl (C=O) groups excluding carboxylic acids is 1. The number of benzene rings is 1. The second-order valence-corrected chi connectivity index (χ2v) is 7.08. The number of nitrogens with zero attached hydrogens (tertiary/aromatic N) is 4. The molecule has 0 fully saturated rings. The summed E-state index contributed by atoms with van der Waals surface area (Å²) in [5.41, 5.74) is 3.31. The summed E-state index contributed by atoms with van der Waals surface area (Å²) in [4.78, 5) is 21.2. The first-order chi connectivity index (χ1) is 14.2. The third kappa shape index (κ3) is 3.36. The van der Waals surface area contributed by atoms with Crippen LogP contribution in [0.5, 0.6) is 0 Å². The minimum absolute atomic E-state index is 0.0312. The van der Waals surface area contributed by atoms with E-state index in [0.29, 0.717) is 22.6 Å². The molecule has 0 aliphatic rings. The molecule has 4 rings (SSSR count). The van der Waals surface area contributed by atoms with Gasteiger partial charge in [-0.15, -0.1) is 0 Å². The highest BCUT2D eigenvalue weighted by Crippen LogP contribution is 2.30. The second kappa shape index (κ2) is 7.08. The molecule has 0 spiro atoms. The van der Waals surface area contributed by atoms with Crippen LogP contribution in [0.1, 0.15) is 28.2 Å².